The normalized spacial score (nSPS) is 17.6. The van der Waals surface area contributed by atoms with Crippen molar-refractivity contribution in [3.63, 3.8) is 0 Å². The van der Waals surface area contributed by atoms with Crippen LogP contribution in [0.15, 0.2) is 30.3 Å². The Balaban J connectivity index is 1.74. The molecule has 2 heterocycles. The number of nitrogens with zero attached hydrogens (tertiary/aromatic N) is 4. The number of fused-ring (bicyclic) bond motifs is 1. The van der Waals surface area contributed by atoms with Crippen molar-refractivity contribution in [1.82, 2.24) is 19.7 Å². The molecule has 22 heavy (non-hydrogen) atoms. The minimum absolute atomic E-state index is 0.167. The van der Waals surface area contributed by atoms with Crippen molar-refractivity contribution in [3.05, 3.63) is 47.5 Å². The van der Waals surface area contributed by atoms with Gasteiger partial charge in [-0.2, -0.15) is 0 Å². The van der Waals surface area contributed by atoms with E-state index < -0.39 is 0 Å². The molecule has 1 aliphatic rings. The molecule has 0 spiro atoms. The predicted molar refractivity (Wildman–Crippen MR) is 84.3 cm³/mol. The molecule has 0 unspecified atom stereocenters. The molecule has 5 heteroatoms. The highest BCUT2D eigenvalue weighted by atomic mass is 16.2. The van der Waals surface area contributed by atoms with Crippen LogP contribution >= 0.6 is 0 Å². The van der Waals surface area contributed by atoms with Gasteiger partial charge < -0.3 is 9.47 Å². The second kappa shape index (κ2) is 6.30. The van der Waals surface area contributed by atoms with Crippen LogP contribution in [0.4, 0.5) is 0 Å². The van der Waals surface area contributed by atoms with Crippen LogP contribution in [0, 0.1) is 0 Å². The molecule has 0 aliphatic carbocycles. The van der Waals surface area contributed by atoms with Crippen molar-refractivity contribution in [3.8, 4) is 0 Å². The Kier molecular flexibility index (Phi) is 4.22. The van der Waals surface area contributed by atoms with Gasteiger partial charge in [-0.1, -0.05) is 37.3 Å². The van der Waals surface area contributed by atoms with E-state index in [2.05, 4.69) is 29.3 Å². The highest BCUT2D eigenvalue weighted by Crippen LogP contribution is 2.23. The van der Waals surface area contributed by atoms with E-state index in [0.29, 0.717) is 6.54 Å². The second-order valence-electron chi connectivity index (χ2n) is 5.82. The lowest BCUT2D eigenvalue weighted by molar-refractivity contribution is -0.137. The number of aryl methyl sites for hydroxylation is 1. The van der Waals surface area contributed by atoms with Gasteiger partial charge in [0.2, 0.25) is 5.91 Å². The SMILES string of the molecule is CCCc1nnc2n1[C@H](C)C(=O)N(CCc1ccccc1)C2. The fourth-order valence-electron chi connectivity index (χ4n) is 3.03. The first-order valence-electron chi connectivity index (χ1n) is 7.96. The number of carbonyl (C=O) groups excluding carboxylic acids is 1. The summed E-state index contributed by atoms with van der Waals surface area (Å²) in [6, 6.07) is 10.1. The molecule has 5 nitrogen and oxygen atoms in total. The molecule has 0 radical (unpaired) electrons. The molecule has 1 atom stereocenters. The first-order valence-corrected chi connectivity index (χ1v) is 7.96. The largest absolute Gasteiger partial charge is 0.333 e. The zero-order valence-corrected chi connectivity index (χ0v) is 13.2. The van der Waals surface area contributed by atoms with Gasteiger partial charge in [-0.05, 0) is 25.3 Å². The molecule has 0 N–H and O–H groups in total. The summed E-state index contributed by atoms with van der Waals surface area (Å²) in [6.45, 7) is 5.35. The number of benzene rings is 1. The summed E-state index contributed by atoms with van der Waals surface area (Å²) < 4.78 is 2.02. The fraction of sp³-hybridized carbons (Fsp3) is 0.471. The van der Waals surface area contributed by atoms with Gasteiger partial charge >= 0.3 is 0 Å². The lowest BCUT2D eigenvalue weighted by Crippen LogP contribution is -2.43. The van der Waals surface area contributed by atoms with Crippen LogP contribution in [0.3, 0.4) is 0 Å². The Morgan fingerprint density at radius 3 is 2.68 bits per heavy atom. The van der Waals surface area contributed by atoms with Crippen LogP contribution in [0.5, 0.6) is 0 Å². The molecule has 0 bridgehead atoms. The summed E-state index contributed by atoms with van der Waals surface area (Å²) in [6.07, 6.45) is 2.75. The molecule has 0 saturated heterocycles. The third-order valence-electron chi connectivity index (χ3n) is 4.21. The van der Waals surface area contributed by atoms with E-state index in [1.54, 1.807) is 0 Å². The number of hydrogen-bond donors (Lipinski definition) is 0. The zero-order valence-electron chi connectivity index (χ0n) is 13.2. The van der Waals surface area contributed by atoms with Gasteiger partial charge in [0.15, 0.2) is 5.82 Å². The Labute approximate surface area is 131 Å². The van der Waals surface area contributed by atoms with E-state index in [1.807, 2.05) is 34.6 Å². The fourth-order valence-corrected chi connectivity index (χ4v) is 3.03. The first-order chi connectivity index (χ1) is 10.7. The lowest BCUT2D eigenvalue weighted by atomic mass is 10.1. The van der Waals surface area contributed by atoms with Gasteiger partial charge in [0.05, 0.1) is 6.54 Å². The summed E-state index contributed by atoms with van der Waals surface area (Å²) in [7, 11) is 0. The molecule has 1 amide bonds. The molecule has 1 aromatic carbocycles. The molecule has 0 fully saturated rings. The summed E-state index contributed by atoms with van der Waals surface area (Å²) in [5.41, 5.74) is 1.25. The van der Waals surface area contributed by atoms with E-state index in [0.717, 1.165) is 37.5 Å². The van der Waals surface area contributed by atoms with Crippen LogP contribution in [-0.2, 0) is 24.2 Å². The average Bonchev–Trinajstić information content (AvgIpc) is 2.94. The van der Waals surface area contributed by atoms with Crippen LogP contribution in [0.25, 0.3) is 0 Å². The predicted octanol–water partition coefficient (Wildman–Crippen LogP) is 2.38. The molecule has 116 valence electrons. The smallest absolute Gasteiger partial charge is 0.245 e. The molecule has 1 aromatic heterocycles. The monoisotopic (exact) mass is 298 g/mol. The van der Waals surface area contributed by atoms with Crippen LogP contribution in [0.2, 0.25) is 0 Å². The molecular formula is C17H22N4O. The van der Waals surface area contributed by atoms with Crippen molar-refractivity contribution in [2.24, 2.45) is 0 Å². The van der Waals surface area contributed by atoms with E-state index in [-0.39, 0.29) is 11.9 Å². The van der Waals surface area contributed by atoms with Gasteiger partial charge in [-0.15, -0.1) is 10.2 Å². The highest BCUT2D eigenvalue weighted by Gasteiger charge is 2.32. The second-order valence-corrected chi connectivity index (χ2v) is 5.82. The van der Waals surface area contributed by atoms with Crippen molar-refractivity contribution >= 4 is 5.91 Å². The minimum atomic E-state index is -0.198. The van der Waals surface area contributed by atoms with Crippen molar-refractivity contribution in [2.75, 3.05) is 6.54 Å². The number of amides is 1. The summed E-state index contributed by atoms with van der Waals surface area (Å²) >= 11 is 0. The van der Waals surface area contributed by atoms with Crippen LogP contribution in [0.1, 0.15) is 43.5 Å². The Hall–Kier alpha value is -2.17. The van der Waals surface area contributed by atoms with Gasteiger partial charge in [0.1, 0.15) is 11.9 Å². The van der Waals surface area contributed by atoms with E-state index in [1.165, 1.54) is 5.56 Å². The first kappa shape index (κ1) is 14.8. The van der Waals surface area contributed by atoms with E-state index >= 15 is 0 Å². The molecule has 2 aromatic rings. The van der Waals surface area contributed by atoms with E-state index in [9.17, 15) is 4.79 Å². The molecule has 3 rings (SSSR count). The Bertz CT molecular complexity index is 650. The van der Waals surface area contributed by atoms with E-state index in [4.69, 9.17) is 0 Å². The third-order valence-corrected chi connectivity index (χ3v) is 4.21. The third kappa shape index (κ3) is 2.75. The van der Waals surface area contributed by atoms with Gasteiger partial charge in [0.25, 0.3) is 0 Å². The topological polar surface area (TPSA) is 51.0 Å². The van der Waals surface area contributed by atoms with Crippen LogP contribution in [-0.4, -0.2) is 32.1 Å². The molecule has 0 saturated carbocycles. The Morgan fingerprint density at radius 1 is 1.18 bits per heavy atom. The standard InChI is InChI=1S/C17H22N4O/c1-3-7-15-18-19-16-12-20(17(22)13(2)21(15)16)11-10-14-8-5-4-6-9-14/h4-6,8-9,13H,3,7,10-12H2,1-2H3/t13-/m1/s1. The maximum absolute atomic E-state index is 12.6. The van der Waals surface area contributed by atoms with Crippen LogP contribution < -0.4 is 0 Å². The van der Waals surface area contributed by atoms with Crippen molar-refractivity contribution < 1.29 is 4.79 Å². The van der Waals surface area contributed by atoms with Crippen molar-refractivity contribution in [2.45, 2.75) is 45.7 Å². The lowest BCUT2D eigenvalue weighted by Gasteiger charge is -2.32. The summed E-state index contributed by atoms with van der Waals surface area (Å²) in [5, 5.41) is 8.54. The number of hydrogen-bond acceptors (Lipinski definition) is 3. The van der Waals surface area contributed by atoms with Gasteiger partial charge in [0, 0.05) is 13.0 Å². The average molecular weight is 298 g/mol. The van der Waals surface area contributed by atoms with Gasteiger partial charge in [-0.25, -0.2) is 0 Å². The Morgan fingerprint density at radius 2 is 1.95 bits per heavy atom. The summed E-state index contributed by atoms with van der Waals surface area (Å²) in [4.78, 5) is 14.5. The molecular weight excluding hydrogens is 276 g/mol. The summed E-state index contributed by atoms with van der Waals surface area (Å²) in [5.74, 6) is 2.00. The number of rotatable bonds is 5. The number of aromatic nitrogens is 3. The van der Waals surface area contributed by atoms with Gasteiger partial charge in [-0.3, -0.25) is 4.79 Å². The molecule has 1 aliphatic heterocycles. The maximum Gasteiger partial charge on any atom is 0.245 e. The zero-order chi connectivity index (χ0) is 15.5. The quantitative estimate of drug-likeness (QED) is 0.851. The minimum Gasteiger partial charge on any atom is -0.333 e. The number of carbonyl (C=O) groups is 1. The highest BCUT2D eigenvalue weighted by molar-refractivity contribution is 5.81. The maximum atomic E-state index is 12.6. The van der Waals surface area contributed by atoms with Crippen molar-refractivity contribution in [1.29, 1.82) is 0 Å².